The van der Waals surface area contributed by atoms with Crippen molar-refractivity contribution in [1.29, 1.82) is 0 Å². The molecule has 148 valence electrons. The highest BCUT2D eigenvalue weighted by molar-refractivity contribution is 6.02. The number of nitrogens with zero attached hydrogens (tertiary/aromatic N) is 4. The molecule has 1 saturated heterocycles. The van der Waals surface area contributed by atoms with Gasteiger partial charge in [-0.3, -0.25) is 24.4 Å². The number of fused-ring (bicyclic) bond motifs is 1. The molecule has 3 heterocycles. The van der Waals surface area contributed by atoms with Crippen molar-refractivity contribution in [3.63, 3.8) is 0 Å². The van der Waals surface area contributed by atoms with Crippen LogP contribution in [-0.2, 0) is 21.4 Å². The molecule has 1 unspecified atom stereocenters. The van der Waals surface area contributed by atoms with Gasteiger partial charge in [0.1, 0.15) is 5.75 Å². The average molecular weight is 394 g/mol. The predicted octanol–water partition coefficient (Wildman–Crippen LogP) is 0.901. The third-order valence-electron chi connectivity index (χ3n) is 4.63. The quantitative estimate of drug-likeness (QED) is 0.615. The van der Waals surface area contributed by atoms with E-state index in [1.807, 2.05) is 0 Å². The maximum atomic E-state index is 12.2. The molecule has 1 aliphatic heterocycles. The van der Waals surface area contributed by atoms with E-state index in [9.17, 15) is 14.4 Å². The van der Waals surface area contributed by atoms with Gasteiger partial charge in [0.25, 0.3) is 5.91 Å². The number of anilines is 1. The second-order valence-electron chi connectivity index (χ2n) is 6.64. The molecule has 0 saturated carbocycles. The molecule has 0 radical (unpaired) electrons. The fourth-order valence-corrected chi connectivity index (χ4v) is 3.26. The Balaban J connectivity index is 1.48. The minimum absolute atomic E-state index is 0.195. The molecule has 1 fully saturated rings. The summed E-state index contributed by atoms with van der Waals surface area (Å²) >= 11 is 0. The number of amides is 3. The number of piperidine rings is 1. The Morgan fingerprint density at radius 1 is 1.34 bits per heavy atom. The van der Waals surface area contributed by atoms with E-state index in [2.05, 4.69) is 25.9 Å². The molecule has 3 aromatic rings. The van der Waals surface area contributed by atoms with E-state index in [-0.39, 0.29) is 30.7 Å². The number of benzene rings is 1. The van der Waals surface area contributed by atoms with E-state index in [1.165, 1.54) is 6.20 Å². The lowest BCUT2D eigenvalue weighted by molar-refractivity contribution is -0.134. The first-order valence-corrected chi connectivity index (χ1v) is 9.02. The van der Waals surface area contributed by atoms with Crippen molar-refractivity contribution in [2.45, 2.75) is 18.8 Å². The highest BCUT2D eigenvalue weighted by Gasteiger charge is 2.31. The van der Waals surface area contributed by atoms with E-state index in [0.717, 1.165) is 10.9 Å². The van der Waals surface area contributed by atoms with Crippen LogP contribution in [0.4, 0.5) is 5.82 Å². The minimum Gasteiger partial charge on any atom is -0.484 e. The number of ether oxygens (including phenoxy) is 1. The van der Waals surface area contributed by atoms with Crippen LogP contribution in [0.2, 0.25) is 0 Å². The summed E-state index contributed by atoms with van der Waals surface area (Å²) in [5.74, 6) is -0.591. The van der Waals surface area contributed by atoms with Gasteiger partial charge in [-0.05, 0) is 30.7 Å². The molecular weight excluding hydrogens is 376 g/mol. The first-order chi connectivity index (χ1) is 14.0. The smallest absolute Gasteiger partial charge is 0.263 e. The minimum atomic E-state index is -0.471. The van der Waals surface area contributed by atoms with E-state index in [4.69, 9.17) is 4.74 Å². The van der Waals surface area contributed by atoms with Crippen LogP contribution in [0.15, 0.2) is 36.5 Å². The number of hydrogen-bond acceptors (Lipinski definition) is 7. The molecule has 1 aromatic carbocycles. The molecule has 10 heteroatoms. The topological polar surface area (TPSA) is 128 Å². The Kier molecular flexibility index (Phi) is 4.90. The van der Waals surface area contributed by atoms with Crippen molar-refractivity contribution in [3.8, 4) is 5.75 Å². The SMILES string of the molecule is Cn1nc(C2CCC(=O)NC2=O)c2ccc(OCC(=O)Nc3cccnn3)cc21. The average Bonchev–Trinajstić information content (AvgIpc) is 3.03. The molecule has 0 aliphatic carbocycles. The molecule has 1 atom stereocenters. The second-order valence-corrected chi connectivity index (χ2v) is 6.64. The molecule has 2 N–H and O–H groups in total. The number of rotatable bonds is 5. The van der Waals surface area contributed by atoms with Crippen molar-refractivity contribution in [2.75, 3.05) is 11.9 Å². The van der Waals surface area contributed by atoms with Crippen LogP contribution < -0.4 is 15.4 Å². The molecule has 0 bridgehead atoms. The number of aryl methyl sites for hydroxylation is 1. The maximum absolute atomic E-state index is 12.2. The summed E-state index contributed by atoms with van der Waals surface area (Å²) in [6, 6.07) is 8.57. The predicted molar refractivity (Wildman–Crippen MR) is 102 cm³/mol. The number of carbonyl (C=O) groups excluding carboxylic acids is 3. The molecule has 4 rings (SSSR count). The molecule has 10 nitrogen and oxygen atoms in total. The van der Waals surface area contributed by atoms with E-state index < -0.39 is 5.92 Å². The van der Waals surface area contributed by atoms with Crippen LogP contribution in [0.25, 0.3) is 10.9 Å². The number of aromatic nitrogens is 4. The highest BCUT2D eigenvalue weighted by Crippen LogP contribution is 2.31. The molecule has 29 heavy (non-hydrogen) atoms. The summed E-state index contributed by atoms with van der Waals surface area (Å²) in [6.45, 7) is -0.195. The van der Waals surface area contributed by atoms with Crippen LogP contribution in [0, 0.1) is 0 Å². The van der Waals surface area contributed by atoms with Crippen LogP contribution in [0.3, 0.4) is 0 Å². The molecular formula is C19H18N6O4. The second kappa shape index (κ2) is 7.66. The van der Waals surface area contributed by atoms with Gasteiger partial charge in [-0.15, -0.1) is 5.10 Å². The molecule has 1 aliphatic rings. The normalized spacial score (nSPS) is 16.5. The number of nitrogens with one attached hydrogen (secondary N) is 2. The highest BCUT2D eigenvalue weighted by atomic mass is 16.5. The summed E-state index contributed by atoms with van der Waals surface area (Å²) in [6.07, 6.45) is 2.23. The van der Waals surface area contributed by atoms with Gasteiger partial charge < -0.3 is 10.1 Å². The fourth-order valence-electron chi connectivity index (χ4n) is 3.26. The van der Waals surface area contributed by atoms with Crippen molar-refractivity contribution in [3.05, 3.63) is 42.2 Å². The zero-order valence-electron chi connectivity index (χ0n) is 15.6. The Hall–Kier alpha value is -3.82. The third-order valence-corrected chi connectivity index (χ3v) is 4.63. The summed E-state index contributed by atoms with van der Waals surface area (Å²) in [4.78, 5) is 35.6. The van der Waals surface area contributed by atoms with Gasteiger partial charge in [0, 0.05) is 31.1 Å². The number of imide groups is 1. The number of carbonyl (C=O) groups is 3. The number of hydrogen-bond donors (Lipinski definition) is 2. The Bertz CT molecular complexity index is 1090. The van der Waals surface area contributed by atoms with Gasteiger partial charge in [0.15, 0.2) is 12.4 Å². The van der Waals surface area contributed by atoms with Crippen LogP contribution in [0.1, 0.15) is 24.5 Å². The maximum Gasteiger partial charge on any atom is 0.263 e. The molecule has 0 spiro atoms. The summed E-state index contributed by atoms with van der Waals surface area (Å²) in [7, 11) is 1.77. The van der Waals surface area contributed by atoms with Gasteiger partial charge >= 0.3 is 0 Å². The van der Waals surface area contributed by atoms with E-state index in [1.54, 1.807) is 42.1 Å². The van der Waals surface area contributed by atoms with Crippen molar-refractivity contribution < 1.29 is 19.1 Å². The largest absolute Gasteiger partial charge is 0.484 e. The van der Waals surface area contributed by atoms with Crippen molar-refractivity contribution in [1.82, 2.24) is 25.3 Å². The molecule has 3 amide bonds. The lowest BCUT2D eigenvalue weighted by Crippen LogP contribution is -2.39. The van der Waals surface area contributed by atoms with Crippen LogP contribution >= 0.6 is 0 Å². The standard InChI is InChI=1S/C19H18N6O4/c1-25-14-9-11(29-10-17(27)21-15-3-2-8-20-23-15)4-5-12(14)18(24-25)13-6-7-16(26)22-19(13)28/h2-5,8-9,13H,6-7,10H2,1H3,(H,21,23,27)(H,22,26,28). The van der Waals surface area contributed by atoms with Gasteiger partial charge in [-0.25, -0.2) is 0 Å². The van der Waals surface area contributed by atoms with Crippen LogP contribution in [0.5, 0.6) is 5.75 Å². The van der Waals surface area contributed by atoms with Gasteiger partial charge in [-0.2, -0.15) is 10.2 Å². The third kappa shape index (κ3) is 3.91. The van der Waals surface area contributed by atoms with Gasteiger partial charge in [0.05, 0.1) is 17.1 Å². The van der Waals surface area contributed by atoms with Crippen LogP contribution in [-0.4, -0.2) is 44.3 Å². The first-order valence-electron chi connectivity index (χ1n) is 9.02. The fraction of sp³-hybridized carbons (Fsp3) is 0.263. The Morgan fingerprint density at radius 2 is 2.21 bits per heavy atom. The first kappa shape index (κ1) is 18.5. The monoisotopic (exact) mass is 394 g/mol. The lowest BCUT2D eigenvalue weighted by atomic mass is 9.93. The zero-order chi connectivity index (χ0) is 20.4. The summed E-state index contributed by atoms with van der Waals surface area (Å²) in [5.41, 5.74) is 1.39. The zero-order valence-corrected chi connectivity index (χ0v) is 15.6. The van der Waals surface area contributed by atoms with E-state index in [0.29, 0.717) is 23.7 Å². The summed E-state index contributed by atoms with van der Waals surface area (Å²) < 4.78 is 7.22. The Labute approximate surface area is 165 Å². The van der Waals surface area contributed by atoms with Crippen molar-refractivity contribution >= 4 is 34.4 Å². The van der Waals surface area contributed by atoms with Gasteiger partial charge in [0.2, 0.25) is 11.8 Å². The van der Waals surface area contributed by atoms with Crippen molar-refractivity contribution in [2.24, 2.45) is 7.05 Å². The lowest BCUT2D eigenvalue weighted by Gasteiger charge is -2.19. The van der Waals surface area contributed by atoms with Gasteiger partial charge in [-0.1, -0.05) is 0 Å². The summed E-state index contributed by atoms with van der Waals surface area (Å²) in [5, 5.41) is 17.7. The van der Waals surface area contributed by atoms with E-state index >= 15 is 0 Å². The molecule has 2 aromatic heterocycles. The Morgan fingerprint density at radius 3 is 2.97 bits per heavy atom.